The van der Waals surface area contributed by atoms with Crippen molar-refractivity contribution in [3.63, 3.8) is 0 Å². The molecule has 0 aromatic carbocycles. The van der Waals surface area contributed by atoms with Gasteiger partial charge in [-0.25, -0.2) is 8.42 Å². The Morgan fingerprint density at radius 1 is 1.44 bits per heavy atom. The zero-order valence-electron chi connectivity index (χ0n) is 10.5. The molecule has 1 rings (SSSR count). The highest BCUT2D eigenvalue weighted by Gasteiger charge is 2.28. The maximum absolute atomic E-state index is 10.9. The first-order valence-corrected chi connectivity index (χ1v) is 7.90. The van der Waals surface area contributed by atoms with Crippen molar-refractivity contribution >= 4 is 9.84 Å². The van der Waals surface area contributed by atoms with Crippen molar-refractivity contribution in [2.45, 2.75) is 44.8 Å². The monoisotopic (exact) mass is 249 g/mol. The highest BCUT2D eigenvalue weighted by atomic mass is 32.2. The molecular weight excluding hydrogens is 226 g/mol. The van der Waals surface area contributed by atoms with Gasteiger partial charge in [-0.1, -0.05) is 0 Å². The zero-order chi connectivity index (χ0) is 12.2. The predicted octanol–water partition coefficient (Wildman–Crippen LogP) is 0.968. The van der Waals surface area contributed by atoms with Crippen LogP contribution in [-0.4, -0.2) is 45.2 Å². The van der Waals surface area contributed by atoms with E-state index in [1.165, 1.54) is 6.26 Å². The summed E-state index contributed by atoms with van der Waals surface area (Å²) >= 11 is 0. The Labute approximate surface area is 98.7 Å². The Hall–Kier alpha value is -0.130. The Bertz CT molecular complexity index is 311. The molecule has 1 N–H and O–H groups in total. The average molecular weight is 249 g/mol. The van der Waals surface area contributed by atoms with E-state index in [0.717, 1.165) is 26.0 Å². The summed E-state index contributed by atoms with van der Waals surface area (Å²) < 4.78 is 27.5. The third-order valence-electron chi connectivity index (χ3n) is 2.82. The third kappa shape index (κ3) is 5.82. The zero-order valence-corrected chi connectivity index (χ0v) is 11.3. The van der Waals surface area contributed by atoms with E-state index in [2.05, 4.69) is 19.2 Å². The van der Waals surface area contributed by atoms with Crippen molar-refractivity contribution in [2.75, 3.05) is 25.2 Å². The number of ether oxygens (including phenoxy) is 1. The summed E-state index contributed by atoms with van der Waals surface area (Å²) in [5, 5.41) is 3.41. The van der Waals surface area contributed by atoms with Crippen molar-refractivity contribution in [3.05, 3.63) is 0 Å². The maximum atomic E-state index is 10.9. The summed E-state index contributed by atoms with van der Waals surface area (Å²) in [5.74, 6) is 0.270. The standard InChI is InChI=1S/C11H23NO3S/c1-11(2)9-10(5-7-15-11)12-6-4-8-16(3,13)14/h10,12H,4-9H2,1-3H3. The third-order valence-corrected chi connectivity index (χ3v) is 3.85. The van der Waals surface area contributed by atoms with Gasteiger partial charge in [0.05, 0.1) is 11.4 Å². The van der Waals surface area contributed by atoms with Gasteiger partial charge in [-0.3, -0.25) is 0 Å². The molecule has 0 amide bonds. The fourth-order valence-electron chi connectivity index (χ4n) is 2.05. The highest BCUT2D eigenvalue weighted by molar-refractivity contribution is 7.90. The van der Waals surface area contributed by atoms with Crippen LogP contribution in [0.15, 0.2) is 0 Å². The van der Waals surface area contributed by atoms with E-state index < -0.39 is 9.84 Å². The second-order valence-corrected chi connectivity index (χ2v) is 7.50. The molecule has 1 unspecified atom stereocenters. The van der Waals surface area contributed by atoms with Crippen LogP contribution in [0.5, 0.6) is 0 Å². The summed E-state index contributed by atoms with van der Waals surface area (Å²) in [6.45, 7) is 5.75. The van der Waals surface area contributed by atoms with Crippen LogP contribution in [0.3, 0.4) is 0 Å². The van der Waals surface area contributed by atoms with Crippen molar-refractivity contribution in [2.24, 2.45) is 0 Å². The Morgan fingerprint density at radius 2 is 2.12 bits per heavy atom. The van der Waals surface area contributed by atoms with Gasteiger partial charge in [0, 0.05) is 18.9 Å². The summed E-state index contributed by atoms with van der Waals surface area (Å²) in [5.41, 5.74) is -0.0489. The first-order valence-electron chi connectivity index (χ1n) is 5.84. The van der Waals surface area contributed by atoms with Gasteiger partial charge in [-0.05, 0) is 39.7 Å². The lowest BCUT2D eigenvalue weighted by molar-refractivity contribution is -0.0627. The SMILES string of the molecule is CC1(C)CC(NCCCS(C)(=O)=O)CCO1. The van der Waals surface area contributed by atoms with Gasteiger partial charge in [-0.15, -0.1) is 0 Å². The average Bonchev–Trinajstić information content (AvgIpc) is 2.09. The minimum atomic E-state index is -2.81. The lowest BCUT2D eigenvalue weighted by Gasteiger charge is -2.36. The second kappa shape index (κ2) is 5.47. The fourth-order valence-corrected chi connectivity index (χ4v) is 2.72. The predicted molar refractivity (Wildman–Crippen MR) is 65.4 cm³/mol. The minimum Gasteiger partial charge on any atom is -0.375 e. The first kappa shape index (κ1) is 13.9. The second-order valence-electron chi connectivity index (χ2n) is 5.24. The van der Waals surface area contributed by atoms with Crippen molar-refractivity contribution in [1.82, 2.24) is 5.32 Å². The summed E-state index contributed by atoms with van der Waals surface area (Å²) in [7, 11) is -2.81. The molecule has 0 saturated carbocycles. The maximum Gasteiger partial charge on any atom is 0.147 e. The van der Waals surface area contributed by atoms with Crippen molar-refractivity contribution in [3.8, 4) is 0 Å². The van der Waals surface area contributed by atoms with Gasteiger partial charge in [0.2, 0.25) is 0 Å². The highest BCUT2D eigenvalue weighted by Crippen LogP contribution is 2.23. The van der Waals surface area contributed by atoms with Gasteiger partial charge in [0.25, 0.3) is 0 Å². The molecule has 1 fully saturated rings. The first-order chi connectivity index (χ1) is 7.29. The summed E-state index contributed by atoms with van der Waals surface area (Å²) in [6, 6.07) is 0.461. The molecule has 0 aromatic rings. The van der Waals surface area contributed by atoms with E-state index in [9.17, 15) is 8.42 Å². The normalized spacial score (nSPS) is 25.6. The molecule has 1 atom stereocenters. The molecule has 5 heteroatoms. The number of hydrogen-bond donors (Lipinski definition) is 1. The molecule has 1 heterocycles. The summed E-state index contributed by atoms with van der Waals surface area (Å²) in [6.07, 6.45) is 3.98. The molecule has 0 bridgehead atoms. The number of hydrogen-bond acceptors (Lipinski definition) is 4. The van der Waals surface area contributed by atoms with Crippen LogP contribution in [0.1, 0.15) is 33.1 Å². The van der Waals surface area contributed by atoms with Crippen LogP contribution < -0.4 is 5.32 Å². The molecule has 0 spiro atoms. The van der Waals surface area contributed by atoms with Crippen LogP contribution in [-0.2, 0) is 14.6 Å². The largest absolute Gasteiger partial charge is 0.375 e. The fraction of sp³-hybridized carbons (Fsp3) is 1.00. The van der Waals surface area contributed by atoms with E-state index in [4.69, 9.17) is 4.74 Å². The number of nitrogens with one attached hydrogen (secondary N) is 1. The smallest absolute Gasteiger partial charge is 0.147 e. The van der Waals surface area contributed by atoms with Crippen LogP contribution in [0.25, 0.3) is 0 Å². The number of sulfone groups is 1. The lowest BCUT2D eigenvalue weighted by atomic mass is 9.94. The van der Waals surface area contributed by atoms with Crippen molar-refractivity contribution in [1.29, 1.82) is 0 Å². The van der Waals surface area contributed by atoms with Gasteiger partial charge >= 0.3 is 0 Å². The van der Waals surface area contributed by atoms with Crippen LogP contribution >= 0.6 is 0 Å². The Kier molecular flexibility index (Phi) is 4.76. The van der Waals surface area contributed by atoms with E-state index in [1.54, 1.807) is 0 Å². The molecule has 0 radical (unpaired) electrons. The molecule has 16 heavy (non-hydrogen) atoms. The minimum absolute atomic E-state index is 0.0489. The molecule has 96 valence electrons. The van der Waals surface area contributed by atoms with Crippen LogP contribution in [0, 0.1) is 0 Å². The molecular formula is C11H23NO3S. The van der Waals surface area contributed by atoms with Crippen LogP contribution in [0.4, 0.5) is 0 Å². The molecule has 1 aliphatic heterocycles. The lowest BCUT2D eigenvalue weighted by Crippen LogP contribution is -2.44. The van der Waals surface area contributed by atoms with Crippen molar-refractivity contribution < 1.29 is 13.2 Å². The molecule has 0 aliphatic carbocycles. The topological polar surface area (TPSA) is 55.4 Å². The van der Waals surface area contributed by atoms with E-state index >= 15 is 0 Å². The Morgan fingerprint density at radius 3 is 2.69 bits per heavy atom. The molecule has 1 aliphatic rings. The quantitative estimate of drug-likeness (QED) is 0.738. The van der Waals surface area contributed by atoms with Gasteiger partial charge < -0.3 is 10.1 Å². The van der Waals surface area contributed by atoms with Gasteiger partial charge in [0.15, 0.2) is 0 Å². The van der Waals surface area contributed by atoms with E-state index in [1.807, 2.05) is 0 Å². The van der Waals surface area contributed by atoms with Gasteiger partial charge in [-0.2, -0.15) is 0 Å². The van der Waals surface area contributed by atoms with E-state index in [0.29, 0.717) is 12.5 Å². The summed E-state index contributed by atoms with van der Waals surface area (Å²) in [4.78, 5) is 0. The van der Waals surface area contributed by atoms with Gasteiger partial charge in [0.1, 0.15) is 9.84 Å². The number of rotatable bonds is 5. The molecule has 4 nitrogen and oxygen atoms in total. The van der Waals surface area contributed by atoms with E-state index in [-0.39, 0.29) is 11.4 Å². The Balaban J connectivity index is 2.18. The molecule has 0 aromatic heterocycles. The molecule has 1 saturated heterocycles. The van der Waals surface area contributed by atoms with Crippen LogP contribution in [0.2, 0.25) is 0 Å².